The first-order chi connectivity index (χ1) is 16.2. The second kappa shape index (κ2) is 9.26. The van der Waals surface area contributed by atoms with Gasteiger partial charge < -0.3 is 15.3 Å². The molecular formula is C25H25F4N3O2. The van der Waals surface area contributed by atoms with Crippen LogP contribution in [0.15, 0.2) is 42.5 Å². The number of aliphatic hydroxyl groups is 1. The molecule has 0 radical (unpaired) electrons. The van der Waals surface area contributed by atoms with Gasteiger partial charge in [0, 0.05) is 30.3 Å². The third kappa shape index (κ3) is 4.60. The van der Waals surface area contributed by atoms with Gasteiger partial charge in [0.05, 0.1) is 17.2 Å². The molecule has 4 rings (SSSR count). The zero-order valence-electron chi connectivity index (χ0n) is 18.4. The summed E-state index contributed by atoms with van der Waals surface area (Å²) < 4.78 is 52.9. The van der Waals surface area contributed by atoms with Crippen LogP contribution in [0.25, 0.3) is 0 Å². The van der Waals surface area contributed by atoms with Crippen molar-refractivity contribution in [3.63, 3.8) is 0 Å². The molecule has 0 bridgehead atoms. The third-order valence-electron chi connectivity index (χ3n) is 7.06. The zero-order chi connectivity index (χ0) is 24.5. The molecule has 2 aromatic rings. The second-order valence-corrected chi connectivity index (χ2v) is 9.01. The average Bonchev–Trinajstić information content (AvgIpc) is 3.43. The Balaban J connectivity index is 1.52. The lowest BCUT2D eigenvalue weighted by Gasteiger charge is -2.30. The van der Waals surface area contributed by atoms with Gasteiger partial charge in [0.1, 0.15) is 5.82 Å². The molecule has 3 unspecified atom stereocenters. The fraction of sp³-hybridized carbons (Fsp3) is 0.440. The molecular weight excluding hydrogens is 450 g/mol. The van der Waals surface area contributed by atoms with Crippen LogP contribution in [-0.2, 0) is 11.6 Å². The van der Waals surface area contributed by atoms with Crippen LogP contribution in [0.4, 0.5) is 28.0 Å². The highest BCUT2D eigenvalue weighted by molar-refractivity contribution is 5.89. The lowest BCUT2D eigenvalue weighted by Crippen LogP contribution is -2.44. The highest BCUT2D eigenvalue weighted by Crippen LogP contribution is 2.65. The molecule has 5 nitrogen and oxygen atoms in total. The zero-order valence-corrected chi connectivity index (χ0v) is 18.4. The van der Waals surface area contributed by atoms with Crippen LogP contribution in [0.3, 0.4) is 0 Å². The Hall–Kier alpha value is -3.12. The summed E-state index contributed by atoms with van der Waals surface area (Å²) >= 11 is 0. The number of anilines is 1. The average molecular weight is 475 g/mol. The van der Waals surface area contributed by atoms with Crippen LogP contribution >= 0.6 is 0 Å². The minimum Gasteiger partial charge on any atom is -0.396 e. The summed E-state index contributed by atoms with van der Waals surface area (Å²) in [6, 6.07) is 11.4. The molecule has 0 aromatic heterocycles. The van der Waals surface area contributed by atoms with E-state index in [1.807, 2.05) is 12.1 Å². The van der Waals surface area contributed by atoms with Crippen LogP contribution in [0.1, 0.15) is 48.8 Å². The molecule has 2 aliphatic carbocycles. The largest absolute Gasteiger partial charge is 0.419 e. The molecule has 2 saturated carbocycles. The summed E-state index contributed by atoms with van der Waals surface area (Å²) in [4.78, 5) is 14.8. The van der Waals surface area contributed by atoms with Crippen LogP contribution in [-0.4, -0.2) is 35.2 Å². The number of rotatable bonds is 7. The van der Waals surface area contributed by atoms with Crippen molar-refractivity contribution in [3.05, 3.63) is 65.0 Å². The normalized spacial score (nSPS) is 23.2. The molecule has 2 fully saturated rings. The molecule has 0 heterocycles. The van der Waals surface area contributed by atoms with Crippen LogP contribution in [0, 0.1) is 23.1 Å². The van der Waals surface area contributed by atoms with Crippen LogP contribution in [0.5, 0.6) is 0 Å². The number of carbonyl (C=O) groups is 1. The molecule has 0 aliphatic heterocycles. The first-order valence-electron chi connectivity index (χ1n) is 11.3. The minimum absolute atomic E-state index is 0.0222. The number of aliphatic hydroxyl groups excluding tert-OH is 1. The second-order valence-electron chi connectivity index (χ2n) is 9.01. The summed E-state index contributed by atoms with van der Waals surface area (Å²) in [5.74, 6) is -1.19. The van der Waals surface area contributed by atoms with Crippen LogP contribution in [0.2, 0.25) is 0 Å². The van der Waals surface area contributed by atoms with E-state index in [4.69, 9.17) is 10.4 Å². The quantitative estimate of drug-likeness (QED) is 0.413. The maximum Gasteiger partial charge on any atom is 0.419 e. The summed E-state index contributed by atoms with van der Waals surface area (Å²) in [6.07, 6.45) is -1.32. The lowest BCUT2D eigenvalue weighted by atomic mass is 9.93. The fourth-order valence-electron chi connectivity index (χ4n) is 5.29. The van der Waals surface area contributed by atoms with Gasteiger partial charge in [-0.2, -0.15) is 18.4 Å². The summed E-state index contributed by atoms with van der Waals surface area (Å²) in [6.45, 7) is 0.329. The Morgan fingerprint density at radius 1 is 1.21 bits per heavy atom. The van der Waals surface area contributed by atoms with E-state index in [9.17, 15) is 22.4 Å². The molecule has 180 valence electrons. The first kappa shape index (κ1) is 24.0. The molecule has 0 spiro atoms. The van der Waals surface area contributed by atoms with Crippen molar-refractivity contribution in [1.29, 1.82) is 5.26 Å². The molecule has 2 amide bonds. The predicted molar refractivity (Wildman–Crippen MR) is 117 cm³/mol. The maximum absolute atomic E-state index is 13.6. The Morgan fingerprint density at radius 3 is 2.56 bits per heavy atom. The number of nitrogens with zero attached hydrogens (tertiary/aromatic N) is 2. The van der Waals surface area contributed by atoms with E-state index in [1.165, 1.54) is 0 Å². The summed E-state index contributed by atoms with van der Waals surface area (Å²) in [5, 5.41) is 20.7. The highest BCUT2D eigenvalue weighted by atomic mass is 19.4. The number of hydrogen-bond acceptors (Lipinski definition) is 3. The van der Waals surface area contributed by atoms with E-state index in [-0.39, 0.29) is 29.7 Å². The molecule has 2 aliphatic rings. The monoisotopic (exact) mass is 475 g/mol. The summed E-state index contributed by atoms with van der Waals surface area (Å²) in [7, 11) is 0. The number of fused-ring (bicyclic) bond motifs is 1. The van der Waals surface area contributed by atoms with Crippen molar-refractivity contribution in [3.8, 4) is 6.07 Å². The third-order valence-corrected chi connectivity index (χ3v) is 7.06. The topological polar surface area (TPSA) is 76.4 Å². The van der Waals surface area contributed by atoms with Gasteiger partial charge >= 0.3 is 12.2 Å². The van der Waals surface area contributed by atoms with Gasteiger partial charge in [-0.3, -0.25) is 0 Å². The molecule has 2 aromatic carbocycles. The van der Waals surface area contributed by atoms with E-state index in [0.717, 1.165) is 30.9 Å². The standard InChI is InChI=1S/C25H25F4N3O2/c26-21-8-7-18(13-19(21)25(27,28)29)31-23(34)32(11-1-2-12-33)22-9-10-24(14-20(22)24)17-5-3-16(15-30)4-6-17/h3-8,13,20,22,33H,1-2,9-12,14H2,(H,31,34). The van der Waals surface area contributed by atoms with Crippen molar-refractivity contribution < 1.29 is 27.5 Å². The number of hydrogen-bond donors (Lipinski definition) is 2. The number of nitriles is 1. The Labute approximate surface area is 195 Å². The van der Waals surface area contributed by atoms with E-state index in [0.29, 0.717) is 37.1 Å². The van der Waals surface area contributed by atoms with Gasteiger partial charge in [0.25, 0.3) is 0 Å². The van der Waals surface area contributed by atoms with Gasteiger partial charge in [0.2, 0.25) is 0 Å². The number of halogens is 4. The number of nitrogens with one attached hydrogen (secondary N) is 1. The minimum atomic E-state index is -4.87. The smallest absolute Gasteiger partial charge is 0.396 e. The van der Waals surface area contributed by atoms with Crippen molar-refractivity contribution in [2.75, 3.05) is 18.5 Å². The number of urea groups is 1. The highest BCUT2D eigenvalue weighted by Gasteiger charge is 2.63. The van der Waals surface area contributed by atoms with E-state index >= 15 is 0 Å². The van der Waals surface area contributed by atoms with Crippen molar-refractivity contribution in [1.82, 2.24) is 4.90 Å². The maximum atomic E-state index is 13.6. The predicted octanol–water partition coefficient (Wildman–Crippen LogP) is 5.44. The fourth-order valence-corrected chi connectivity index (χ4v) is 5.29. The number of carbonyl (C=O) groups excluding carboxylic acids is 1. The SMILES string of the molecule is N#Cc1ccc(C23CCC(N(CCCCO)C(=O)Nc4ccc(F)c(C(F)(F)F)c4)C2C3)cc1. The molecule has 3 atom stereocenters. The van der Waals surface area contributed by atoms with Crippen molar-refractivity contribution in [2.45, 2.75) is 49.7 Å². The molecule has 0 saturated heterocycles. The van der Waals surface area contributed by atoms with Crippen molar-refractivity contribution in [2.24, 2.45) is 5.92 Å². The van der Waals surface area contributed by atoms with Gasteiger partial charge in [-0.1, -0.05) is 12.1 Å². The molecule has 34 heavy (non-hydrogen) atoms. The van der Waals surface area contributed by atoms with Crippen LogP contribution < -0.4 is 5.32 Å². The number of amides is 2. The van der Waals surface area contributed by atoms with E-state index < -0.39 is 23.6 Å². The Bertz CT molecular complexity index is 1100. The number of benzene rings is 2. The number of alkyl halides is 3. The van der Waals surface area contributed by atoms with Gasteiger partial charge in [-0.15, -0.1) is 0 Å². The van der Waals surface area contributed by atoms with E-state index in [2.05, 4.69) is 11.4 Å². The van der Waals surface area contributed by atoms with Gasteiger partial charge in [-0.25, -0.2) is 9.18 Å². The van der Waals surface area contributed by atoms with Crippen molar-refractivity contribution >= 4 is 11.7 Å². The first-order valence-corrected chi connectivity index (χ1v) is 11.3. The Morgan fingerprint density at radius 2 is 1.94 bits per heavy atom. The molecule has 2 N–H and O–H groups in total. The number of unbranched alkanes of at least 4 members (excludes halogenated alkanes) is 1. The molecule has 9 heteroatoms. The summed E-state index contributed by atoms with van der Waals surface area (Å²) in [5.41, 5.74) is 0.0866. The lowest BCUT2D eigenvalue weighted by molar-refractivity contribution is -0.139. The van der Waals surface area contributed by atoms with Gasteiger partial charge in [-0.05, 0) is 73.9 Å². The Kier molecular flexibility index (Phi) is 6.54. The van der Waals surface area contributed by atoms with E-state index in [1.54, 1.807) is 17.0 Å². The van der Waals surface area contributed by atoms with Gasteiger partial charge in [0.15, 0.2) is 0 Å².